The molecule has 0 saturated carbocycles. The molecule has 3 heteroatoms. The van der Waals surface area contributed by atoms with E-state index in [1.165, 1.54) is 17.0 Å². The van der Waals surface area contributed by atoms with Crippen molar-refractivity contribution in [1.82, 2.24) is 4.90 Å². The lowest BCUT2D eigenvalue weighted by molar-refractivity contribution is 0.357. The Morgan fingerprint density at radius 1 is 1.38 bits per heavy atom. The van der Waals surface area contributed by atoms with Gasteiger partial charge in [0.2, 0.25) is 0 Å². The second-order valence-electron chi connectivity index (χ2n) is 4.51. The van der Waals surface area contributed by atoms with Crippen molar-refractivity contribution in [3.05, 3.63) is 29.8 Å². The van der Waals surface area contributed by atoms with Crippen LogP contribution in [0.4, 0.5) is 0 Å². The fourth-order valence-electron chi connectivity index (χ4n) is 1.99. The van der Waals surface area contributed by atoms with E-state index in [-0.39, 0.29) is 0 Å². The van der Waals surface area contributed by atoms with Crippen molar-refractivity contribution in [3.8, 4) is 0 Å². The summed E-state index contributed by atoms with van der Waals surface area (Å²) in [6.07, 6.45) is 1.16. The van der Waals surface area contributed by atoms with Crippen molar-refractivity contribution in [2.75, 3.05) is 25.4 Å². The van der Waals surface area contributed by atoms with Gasteiger partial charge in [0.05, 0.1) is 0 Å². The summed E-state index contributed by atoms with van der Waals surface area (Å²) in [5.74, 6) is 1.16. The number of rotatable bonds is 4. The fraction of sp³-hybridized carbons (Fsp3) is 0.538. The molecule has 1 aromatic carbocycles. The Balaban J connectivity index is 1.70. The molecule has 1 heterocycles. The number of thioether (sulfide) groups is 1. The molecule has 2 N–H and O–H groups in total. The highest BCUT2D eigenvalue weighted by molar-refractivity contribution is 7.99. The van der Waals surface area contributed by atoms with Crippen molar-refractivity contribution in [2.24, 2.45) is 5.73 Å². The molecule has 0 radical (unpaired) electrons. The molecular weight excluding hydrogens is 216 g/mol. The zero-order chi connectivity index (χ0) is 11.4. The van der Waals surface area contributed by atoms with Crippen LogP contribution in [0.3, 0.4) is 0 Å². The molecule has 1 aliphatic heterocycles. The quantitative estimate of drug-likeness (QED) is 0.812. The smallest absolute Gasteiger partial charge is 0.0180 e. The van der Waals surface area contributed by atoms with Crippen LogP contribution in [0.25, 0.3) is 0 Å². The van der Waals surface area contributed by atoms with Gasteiger partial charge >= 0.3 is 0 Å². The molecule has 0 bridgehead atoms. The fourth-order valence-corrected chi connectivity index (χ4v) is 2.91. The first kappa shape index (κ1) is 12.0. The average molecular weight is 236 g/mol. The van der Waals surface area contributed by atoms with Crippen molar-refractivity contribution < 1.29 is 0 Å². The molecule has 0 spiro atoms. The molecule has 1 saturated heterocycles. The first-order chi connectivity index (χ1) is 7.74. The molecule has 88 valence electrons. The minimum Gasteiger partial charge on any atom is -0.326 e. The van der Waals surface area contributed by atoms with Gasteiger partial charge < -0.3 is 10.6 Å². The van der Waals surface area contributed by atoms with E-state index in [0.29, 0.717) is 6.04 Å². The van der Waals surface area contributed by atoms with Crippen molar-refractivity contribution in [1.29, 1.82) is 0 Å². The van der Waals surface area contributed by atoms with E-state index in [1.807, 2.05) is 11.8 Å². The Labute approximate surface area is 102 Å². The zero-order valence-corrected chi connectivity index (χ0v) is 10.7. The van der Waals surface area contributed by atoms with Gasteiger partial charge in [0.15, 0.2) is 0 Å². The van der Waals surface area contributed by atoms with Gasteiger partial charge in [-0.05, 0) is 32.0 Å². The third-order valence-corrected chi connectivity index (χ3v) is 4.00. The largest absolute Gasteiger partial charge is 0.326 e. The summed E-state index contributed by atoms with van der Waals surface area (Å²) in [4.78, 5) is 3.83. The van der Waals surface area contributed by atoms with E-state index in [9.17, 15) is 0 Å². The third kappa shape index (κ3) is 3.51. The molecule has 0 unspecified atom stereocenters. The minimum absolute atomic E-state index is 0.407. The molecule has 2 nitrogen and oxygen atoms in total. The van der Waals surface area contributed by atoms with E-state index >= 15 is 0 Å². The van der Waals surface area contributed by atoms with Crippen LogP contribution >= 0.6 is 11.8 Å². The second-order valence-corrected chi connectivity index (χ2v) is 5.68. The summed E-state index contributed by atoms with van der Waals surface area (Å²) in [5, 5.41) is 0. The number of likely N-dealkylation sites (tertiary alicyclic amines) is 1. The average Bonchev–Trinajstić information content (AvgIpc) is 2.67. The van der Waals surface area contributed by atoms with E-state index in [4.69, 9.17) is 5.73 Å². The van der Waals surface area contributed by atoms with Crippen LogP contribution in [0.1, 0.15) is 12.0 Å². The van der Waals surface area contributed by atoms with Gasteiger partial charge in [-0.25, -0.2) is 0 Å². The summed E-state index contributed by atoms with van der Waals surface area (Å²) in [5.41, 5.74) is 7.20. The molecule has 2 rings (SSSR count). The summed E-state index contributed by atoms with van der Waals surface area (Å²) >= 11 is 1.93. The van der Waals surface area contributed by atoms with Crippen molar-refractivity contribution in [2.45, 2.75) is 24.3 Å². The monoisotopic (exact) mass is 236 g/mol. The maximum atomic E-state index is 5.88. The Morgan fingerprint density at radius 2 is 2.12 bits per heavy atom. The molecule has 1 fully saturated rings. The lowest BCUT2D eigenvalue weighted by Crippen LogP contribution is -2.28. The highest BCUT2D eigenvalue weighted by atomic mass is 32.2. The minimum atomic E-state index is 0.407. The topological polar surface area (TPSA) is 29.3 Å². The zero-order valence-electron chi connectivity index (χ0n) is 9.86. The molecule has 16 heavy (non-hydrogen) atoms. The Hall–Kier alpha value is -0.510. The summed E-state index contributed by atoms with van der Waals surface area (Å²) in [7, 11) is 0. The third-order valence-electron chi connectivity index (χ3n) is 3.01. The molecule has 0 aromatic heterocycles. The number of hydrogen-bond donors (Lipinski definition) is 1. The first-order valence-corrected chi connectivity index (χ1v) is 6.90. The number of hydrogen-bond acceptors (Lipinski definition) is 3. The van der Waals surface area contributed by atoms with Crippen LogP contribution in [0.15, 0.2) is 29.2 Å². The van der Waals surface area contributed by atoms with E-state index < -0.39 is 0 Å². The van der Waals surface area contributed by atoms with Crippen LogP contribution in [-0.4, -0.2) is 36.3 Å². The highest BCUT2D eigenvalue weighted by Gasteiger charge is 2.17. The van der Waals surface area contributed by atoms with Gasteiger partial charge in [0.25, 0.3) is 0 Å². The molecular formula is C13H20N2S. The predicted molar refractivity (Wildman–Crippen MR) is 70.9 cm³/mol. The van der Waals surface area contributed by atoms with Gasteiger partial charge in [-0.2, -0.15) is 0 Å². The van der Waals surface area contributed by atoms with Crippen LogP contribution < -0.4 is 5.73 Å². The van der Waals surface area contributed by atoms with Crippen LogP contribution in [0.2, 0.25) is 0 Å². The maximum absolute atomic E-state index is 5.88. The van der Waals surface area contributed by atoms with E-state index in [1.54, 1.807) is 0 Å². The number of nitrogens with two attached hydrogens (primary N) is 1. The lowest BCUT2D eigenvalue weighted by Gasteiger charge is -2.14. The Morgan fingerprint density at radius 3 is 2.75 bits per heavy atom. The van der Waals surface area contributed by atoms with Crippen molar-refractivity contribution >= 4 is 11.8 Å². The van der Waals surface area contributed by atoms with Gasteiger partial charge in [0.1, 0.15) is 0 Å². The predicted octanol–water partition coefficient (Wildman–Crippen LogP) is 2.12. The first-order valence-electron chi connectivity index (χ1n) is 5.91. The van der Waals surface area contributed by atoms with Crippen LogP contribution in [0, 0.1) is 6.92 Å². The SMILES string of the molecule is Cc1ccc(SCCN2CC[C@H](N)C2)cc1. The second kappa shape index (κ2) is 5.71. The van der Waals surface area contributed by atoms with Crippen LogP contribution in [0.5, 0.6) is 0 Å². The molecule has 0 amide bonds. The van der Waals surface area contributed by atoms with Gasteiger partial charge in [-0.15, -0.1) is 11.8 Å². The number of aryl methyl sites for hydroxylation is 1. The molecule has 0 aliphatic carbocycles. The molecule has 1 aliphatic rings. The number of nitrogens with zero attached hydrogens (tertiary/aromatic N) is 1. The summed E-state index contributed by atoms with van der Waals surface area (Å²) in [6.45, 7) is 5.54. The molecule has 1 atom stereocenters. The van der Waals surface area contributed by atoms with Gasteiger partial charge in [-0.3, -0.25) is 0 Å². The van der Waals surface area contributed by atoms with Crippen molar-refractivity contribution in [3.63, 3.8) is 0 Å². The van der Waals surface area contributed by atoms with Gasteiger partial charge in [0, 0.05) is 29.8 Å². The number of benzene rings is 1. The van der Waals surface area contributed by atoms with E-state index in [0.717, 1.165) is 25.3 Å². The maximum Gasteiger partial charge on any atom is 0.0180 e. The van der Waals surface area contributed by atoms with Crippen LogP contribution in [-0.2, 0) is 0 Å². The standard InChI is InChI=1S/C13H20N2S/c1-11-2-4-13(5-3-11)16-9-8-15-7-6-12(14)10-15/h2-5,12H,6-10,14H2,1H3/t12-/m0/s1. The Kier molecular flexibility index (Phi) is 4.27. The normalized spacial score (nSPS) is 21.5. The van der Waals surface area contributed by atoms with Gasteiger partial charge in [-0.1, -0.05) is 17.7 Å². The summed E-state index contributed by atoms with van der Waals surface area (Å²) in [6, 6.07) is 9.16. The molecule has 1 aromatic rings. The Bertz CT molecular complexity index is 323. The lowest BCUT2D eigenvalue weighted by atomic mass is 10.2. The highest BCUT2D eigenvalue weighted by Crippen LogP contribution is 2.19. The van der Waals surface area contributed by atoms with E-state index in [2.05, 4.69) is 36.1 Å². The summed E-state index contributed by atoms with van der Waals surface area (Å²) < 4.78 is 0.